The molecule has 1 heterocycles. The van der Waals surface area contributed by atoms with E-state index in [2.05, 4.69) is 11.8 Å². The van der Waals surface area contributed by atoms with Gasteiger partial charge in [0.05, 0.1) is 6.10 Å². The van der Waals surface area contributed by atoms with Gasteiger partial charge in [0, 0.05) is 19.1 Å². The number of likely N-dealkylation sites (tertiary alicyclic amines) is 1. The average molecular weight is 169 g/mol. The topological polar surface area (TPSA) is 23.5 Å². The molecule has 0 amide bonds. The van der Waals surface area contributed by atoms with Gasteiger partial charge in [-0.15, -0.1) is 0 Å². The summed E-state index contributed by atoms with van der Waals surface area (Å²) in [6.07, 6.45) is 4.80. The van der Waals surface area contributed by atoms with Gasteiger partial charge in [0.2, 0.25) is 0 Å². The quantitative estimate of drug-likeness (QED) is 0.672. The number of hydrogen-bond donors (Lipinski definition) is 1. The van der Waals surface area contributed by atoms with E-state index in [0.29, 0.717) is 6.04 Å². The zero-order valence-corrected chi connectivity index (χ0v) is 7.87. The van der Waals surface area contributed by atoms with Gasteiger partial charge in [0.25, 0.3) is 0 Å². The number of nitrogens with zero attached hydrogens (tertiary/aromatic N) is 1. The Morgan fingerprint density at radius 2 is 2.08 bits per heavy atom. The molecule has 2 heteroatoms. The number of piperidine rings is 1. The molecule has 0 unspecified atom stereocenters. The lowest BCUT2D eigenvalue weighted by Gasteiger charge is -2.35. The molecule has 1 saturated heterocycles. The van der Waals surface area contributed by atoms with Crippen molar-refractivity contribution in [2.24, 2.45) is 5.92 Å². The van der Waals surface area contributed by atoms with Gasteiger partial charge >= 0.3 is 0 Å². The maximum Gasteiger partial charge on any atom is 0.0567 e. The van der Waals surface area contributed by atoms with Gasteiger partial charge < -0.3 is 10.0 Å². The maximum atomic E-state index is 9.42. The molecular formula is C10H19NO. The van der Waals surface area contributed by atoms with Gasteiger partial charge in [-0.05, 0) is 38.5 Å². The van der Waals surface area contributed by atoms with Gasteiger partial charge in [0.15, 0.2) is 0 Å². The zero-order valence-electron chi connectivity index (χ0n) is 7.87. The summed E-state index contributed by atoms with van der Waals surface area (Å²) in [7, 11) is 0. The summed E-state index contributed by atoms with van der Waals surface area (Å²) in [5, 5.41) is 9.42. The number of rotatable bonds is 2. The second-order valence-electron chi connectivity index (χ2n) is 4.47. The Labute approximate surface area is 74.6 Å². The van der Waals surface area contributed by atoms with Crippen molar-refractivity contribution in [1.29, 1.82) is 0 Å². The zero-order chi connectivity index (χ0) is 8.55. The molecular weight excluding hydrogens is 150 g/mol. The molecule has 0 bridgehead atoms. The molecule has 2 aliphatic rings. The van der Waals surface area contributed by atoms with E-state index in [1.807, 2.05) is 0 Å². The first-order valence-electron chi connectivity index (χ1n) is 5.18. The summed E-state index contributed by atoms with van der Waals surface area (Å²) >= 11 is 0. The van der Waals surface area contributed by atoms with Crippen molar-refractivity contribution in [3.05, 3.63) is 0 Å². The van der Waals surface area contributed by atoms with Crippen molar-refractivity contribution in [2.45, 2.75) is 44.8 Å². The van der Waals surface area contributed by atoms with Crippen molar-refractivity contribution < 1.29 is 5.11 Å². The number of hydrogen-bond acceptors (Lipinski definition) is 2. The van der Waals surface area contributed by atoms with Crippen LogP contribution in [0.1, 0.15) is 32.6 Å². The van der Waals surface area contributed by atoms with E-state index >= 15 is 0 Å². The normalized spacial score (nSPS) is 38.5. The fraction of sp³-hybridized carbons (Fsp3) is 1.00. The van der Waals surface area contributed by atoms with E-state index in [-0.39, 0.29) is 6.10 Å². The summed E-state index contributed by atoms with van der Waals surface area (Å²) in [5.41, 5.74) is 0. The van der Waals surface area contributed by atoms with Crippen LogP contribution in [0.3, 0.4) is 0 Å². The van der Waals surface area contributed by atoms with Crippen LogP contribution in [-0.4, -0.2) is 35.2 Å². The predicted molar refractivity (Wildman–Crippen MR) is 49.0 cm³/mol. The van der Waals surface area contributed by atoms with E-state index in [1.165, 1.54) is 19.4 Å². The molecule has 0 aromatic heterocycles. The molecule has 2 rings (SSSR count). The van der Waals surface area contributed by atoms with E-state index < -0.39 is 0 Å². The molecule has 0 aromatic rings. The molecule has 0 spiro atoms. The van der Waals surface area contributed by atoms with Crippen LogP contribution in [0.15, 0.2) is 0 Å². The summed E-state index contributed by atoms with van der Waals surface area (Å²) in [4.78, 5) is 2.55. The van der Waals surface area contributed by atoms with Crippen LogP contribution in [0.2, 0.25) is 0 Å². The smallest absolute Gasteiger partial charge is 0.0567 e. The highest BCUT2D eigenvalue weighted by Crippen LogP contribution is 2.31. The summed E-state index contributed by atoms with van der Waals surface area (Å²) < 4.78 is 0. The minimum atomic E-state index is -0.0320. The van der Waals surface area contributed by atoms with Crippen LogP contribution in [-0.2, 0) is 0 Å². The first-order valence-corrected chi connectivity index (χ1v) is 5.18. The first-order chi connectivity index (χ1) is 5.75. The third-order valence-electron chi connectivity index (χ3n) is 3.18. The predicted octanol–water partition coefficient (Wildman–Crippen LogP) is 1.24. The second-order valence-corrected chi connectivity index (χ2v) is 4.47. The fourth-order valence-corrected chi connectivity index (χ4v) is 2.10. The Bertz CT molecular complexity index is 156. The monoisotopic (exact) mass is 169 g/mol. The highest BCUT2D eigenvalue weighted by Gasteiger charge is 2.29. The molecule has 12 heavy (non-hydrogen) atoms. The third-order valence-corrected chi connectivity index (χ3v) is 3.18. The van der Waals surface area contributed by atoms with Crippen LogP contribution in [0, 0.1) is 5.92 Å². The van der Waals surface area contributed by atoms with E-state index in [1.54, 1.807) is 0 Å². The lowest BCUT2D eigenvalue weighted by molar-refractivity contribution is 0.0460. The highest BCUT2D eigenvalue weighted by molar-refractivity contribution is 4.84. The SMILES string of the molecule is C[C@H]1C[C@@H](O)CCN1CC1CC1. The molecule has 1 N–H and O–H groups in total. The minimum Gasteiger partial charge on any atom is -0.393 e. The van der Waals surface area contributed by atoms with Crippen molar-refractivity contribution in [1.82, 2.24) is 4.90 Å². The Hall–Kier alpha value is -0.0800. The first kappa shape index (κ1) is 8.52. The minimum absolute atomic E-state index is 0.0320. The number of aliphatic hydroxyl groups is 1. The molecule has 2 nitrogen and oxygen atoms in total. The second kappa shape index (κ2) is 3.35. The van der Waals surface area contributed by atoms with Crippen molar-refractivity contribution in [2.75, 3.05) is 13.1 Å². The maximum absolute atomic E-state index is 9.42. The van der Waals surface area contributed by atoms with Crippen LogP contribution in [0.4, 0.5) is 0 Å². The van der Waals surface area contributed by atoms with Crippen LogP contribution < -0.4 is 0 Å². The Balaban J connectivity index is 1.80. The Morgan fingerprint density at radius 1 is 1.33 bits per heavy atom. The third kappa shape index (κ3) is 1.99. The van der Waals surface area contributed by atoms with E-state index in [0.717, 1.165) is 25.3 Å². The van der Waals surface area contributed by atoms with Gasteiger partial charge in [-0.25, -0.2) is 0 Å². The molecule has 2 atom stereocenters. The molecule has 70 valence electrons. The largest absolute Gasteiger partial charge is 0.393 e. The summed E-state index contributed by atoms with van der Waals surface area (Å²) in [6, 6.07) is 0.606. The molecule has 1 saturated carbocycles. The highest BCUT2D eigenvalue weighted by atomic mass is 16.3. The van der Waals surface area contributed by atoms with E-state index in [4.69, 9.17) is 0 Å². The molecule has 0 aromatic carbocycles. The van der Waals surface area contributed by atoms with Gasteiger partial charge in [-0.2, -0.15) is 0 Å². The van der Waals surface area contributed by atoms with E-state index in [9.17, 15) is 5.11 Å². The lowest BCUT2D eigenvalue weighted by atomic mass is 10.0. The summed E-state index contributed by atoms with van der Waals surface area (Å²) in [6.45, 7) is 4.64. The van der Waals surface area contributed by atoms with Gasteiger partial charge in [-0.3, -0.25) is 0 Å². The summed E-state index contributed by atoms with van der Waals surface area (Å²) in [5.74, 6) is 0.989. The van der Waals surface area contributed by atoms with Crippen LogP contribution >= 0.6 is 0 Å². The standard InChI is InChI=1S/C10H19NO/c1-8-6-10(12)4-5-11(8)7-9-2-3-9/h8-10,12H,2-7H2,1H3/t8-,10-/m0/s1. The van der Waals surface area contributed by atoms with Crippen molar-refractivity contribution in [3.8, 4) is 0 Å². The molecule has 0 radical (unpaired) electrons. The Kier molecular flexibility index (Phi) is 2.37. The lowest BCUT2D eigenvalue weighted by Crippen LogP contribution is -2.43. The molecule has 2 fully saturated rings. The molecule has 1 aliphatic carbocycles. The Morgan fingerprint density at radius 3 is 2.67 bits per heavy atom. The van der Waals surface area contributed by atoms with Crippen LogP contribution in [0.5, 0.6) is 0 Å². The average Bonchev–Trinajstić information content (AvgIpc) is 2.79. The van der Waals surface area contributed by atoms with Crippen molar-refractivity contribution in [3.63, 3.8) is 0 Å². The molecule has 1 aliphatic heterocycles. The van der Waals surface area contributed by atoms with Crippen molar-refractivity contribution >= 4 is 0 Å². The van der Waals surface area contributed by atoms with Crippen LogP contribution in [0.25, 0.3) is 0 Å². The van der Waals surface area contributed by atoms with Gasteiger partial charge in [-0.1, -0.05) is 0 Å². The number of aliphatic hydroxyl groups excluding tert-OH is 1. The fourth-order valence-electron chi connectivity index (χ4n) is 2.10. The van der Waals surface area contributed by atoms with Gasteiger partial charge in [0.1, 0.15) is 0 Å².